The lowest BCUT2D eigenvalue weighted by Gasteiger charge is -2.32. The maximum Gasteiger partial charge on any atom is 0.398 e. The Bertz CT molecular complexity index is 434. The molecule has 0 bridgehead atoms. The van der Waals surface area contributed by atoms with Crippen LogP contribution in [0.3, 0.4) is 0 Å². The molecule has 3 heteroatoms. The van der Waals surface area contributed by atoms with Crippen LogP contribution in [0.15, 0.2) is 21.5 Å². The smallest absolute Gasteiger partial charge is 0.391 e. The van der Waals surface area contributed by atoms with Crippen LogP contribution in [0.4, 0.5) is 0 Å². The van der Waals surface area contributed by atoms with Gasteiger partial charge in [-0.2, -0.15) is 0 Å². The molecule has 0 aromatic carbocycles. The van der Waals surface area contributed by atoms with E-state index in [0.717, 1.165) is 12.8 Å². The Labute approximate surface area is 131 Å². The van der Waals surface area contributed by atoms with Crippen LogP contribution in [-0.2, 0) is 8.85 Å². The first-order chi connectivity index (χ1) is 9.80. The third-order valence-corrected chi connectivity index (χ3v) is 10.4. The molecule has 0 radical (unpaired) electrons. The first-order valence-corrected chi connectivity index (χ1v) is 10.1. The van der Waals surface area contributed by atoms with E-state index in [4.69, 9.17) is 8.85 Å². The standard InChI is InChI=1S/C18H32O2Si/c1-11-9-17(15(5)13(11)3)21(19-7,20-8)18-10-12(2)14(4)16(18)6/h11-14H,9-10H2,1-8H3. The average Bonchev–Trinajstić information content (AvgIpc) is 2.88. The minimum atomic E-state index is -2.41. The van der Waals surface area contributed by atoms with Gasteiger partial charge in [0.25, 0.3) is 0 Å². The summed E-state index contributed by atoms with van der Waals surface area (Å²) in [5.74, 6) is 2.70. The van der Waals surface area contributed by atoms with Crippen molar-refractivity contribution >= 4 is 8.56 Å². The van der Waals surface area contributed by atoms with Crippen molar-refractivity contribution in [3.8, 4) is 0 Å². The van der Waals surface area contributed by atoms with Crippen molar-refractivity contribution in [2.24, 2.45) is 23.7 Å². The Kier molecular flexibility index (Phi) is 4.86. The first-order valence-electron chi connectivity index (χ1n) is 8.30. The molecule has 0 saturated carbocycles. The molecule has 4 atom stereocenters. The van der Waals surface area contributed by atoms with E-state index in [9.17, 15) is 0 Å². The Balaban J connectivity index is 2.53. The van der Waals surface area contributed by atoms with Crippen LogP contribution in [0.25, 0.3) is 0 Å². The highest BCUT2D eigenvalue weighted by Gasteiger charge is 2.51. The SMILES string of the molecule is CO[Si](OC)(C1=C(C)C(C)C(C)C1)C1=C(C)C(C)C(C)C1. The molecule has 0 heterocycles. The minimum absolute atomic E-state index is 0.648. The summed E-state index contributed by atoms with van der Waals surface area (Å²) < 4.78 is 12.4. The maximum atomic E-state index is 6.19. The summed E-state index contributed by atoms with van der Waals surface area (Å²) in [4.78, 5) is 0. The molecule has 2 aliphatic carbocycles. The topological polar surface area (TPSA) is 18.5 Å². The Hall–Kier alpha value is -0.383. The lowest BCUT2D eigenvalue weighted by Crippen LogP contribution is -2.46. The molecule has 0 spiro atoms. The van der Waals surface area contributed by atoms with Gasteiger partial charge >= 0.3 is 8.56 Å². The molecule has 0 amide bonds. The zero-order chi connectivity index (χ0) is 15.9. The summed E-state index contributed by atoms with van der Waals surface area (Å²) >= 11 is 0. The van der Waals surface area contributed by atoms with Crippen molar-refractivity contribution in [2.45, 2.75) is 54.4 Å². The molecular weight excluding hydrogens is 276 g/mol. The highest BCUT2D eigenvalue weighted by atomic mass is 28.4. The monoisotopic (exact) mass is 308 g/mol. The van der Waals surface area contributed by atoms with E-state index in [1.165, 1.54) is 21.5 Å². The summed E-state index contributed by atoms with van der Waals surface area (Å²) in [5, 5.41) is 3.01. The van der Waals surface area contributed by atoms with Gasteiger partial charge in [-0.1, -0.05) is 38.8 Å². The van der Waals surface area contributed by atoms with Crippen molar-refractivity contribution < 1.29 is 8.85 Å². The molecule has 2 aliphatic rings. The normalized spacial score (nSPS) is 34.3. The molecule has 0 aliphatic heterocycles. The van der Waals surface area contributed by atoms with Crippen LogP contribution >= 0.6 is 0 Å². The molecular formula is C18H32O2Si. The fourth-order valence-electron chi connectivity index (χ4n) is 4.27. The maximum absolute atomic E-state index is 6.19. The van der Waals surface area contributed by atoms with Crippen LogP contribution in [0.2, 0.25) is 0 Å². The molecule has 2 rings (SSSR count). The van der Waals surface area contributed by atoms with Gasteiger partial charge in [0.1, 0.15) is 0 Å². The summed E-state index contributed by atoms with van der Waals surface area (Å²) in [7, 11) is 1.31. The van der Waals surface area contributed by atoms with E-state index in [-0.39, 0.29) is 0 Å². The van der Waals surface area contributed by atoms with Gasteiger partial charge in [-0.25, -0.2) is 0 Å². The van der Waals surface area contributed by atoms with Gasteiger partial charge in [0.2, 0.25) is 0 Å². The van der Waals surface area contributed by atoms with Crippen molar-refractivity contribution in [2.75, 3.05) is 14.2 Å². The van der Waals surface area contributed by atoms with Gasteiger partial charge in [0, 0.05) is 14.2 Å². The largest absolute Gasteiger partial charge is 0.398 e. The highest BCUT2D eigenvalue weighted by Crippen LogP contribution is 2.48. The van der Waals surface area contributed by atoms with Crippen LogP contribution < -0.4 is 0 Å². The Morgan fingerprint density at radius 3 is 1.29 bits per heavy atom. The van der Waals surface area contributed by atoms with Gasteiger partial charge in [0.15, 0.2) is 0 Å². The van der Waals surface area contributed by atoms with E-state index in [0.29, 0.717) is 23.7 Å². The lowest BCUT2D eigenvalue weighted by molar-refractivity contribution is 0.258. The van der Waals surface area contributed by atoms with Crippen molar-refractivity contribution in [1.82, 2.24) is 0 Å². The van der Waals surface area contributed by atoms with Crippen molar-refractivity contribution in [1.29, 1.82) is 0 Å². The van der Waals surface area contributed by atoms with Crippen LogP contribution in [0.1, 0.15) is 54.4 Å². The Morgan fingerprint density at radius 2 is 1.10 bits per heavy atom. The van der Waals surface area contributed by atoms with Gasteiger partial charge in [-0.15, -0.1) is 0 Å². The van der Waals surface area contributed by atoms with E-state index >= 15 is 0 Å². The van der Waals surface area contributed by atoms with Crippen LogP contribution in [-0.4, -0.2) is 22.8 Å². The molecule has 2 nitrogen and oxygen atoms in total. The first kappa shape index (κ1) is 17.0. The molecule has 0 N–H and O–H groups in total. The molecule has 0 aromatic rings. The molecule has 21 heavy (non-hydrogen) atoms. The zero-order valence-electron chi connectivity index (χ0n) is 15.0. The Morgan fingerprint density at radius 1 is 0.762 bits per heavy atom. The third kappa shape index (κ3) is 2.47. The second-order valence-corrected chi connectivity index (χ2v) is 10.5. The summed E-state index contributed by atoms with van der Waals surface area (Å²) in [6.45, 7) is 14.0. The van der Waals surface area contributed by atoms with Gasteiger partial charge < -0.3 is 8.85 Å². The van der Waals surface area contributed by atoms with E-state index in [1.54, 1.807) is 0 Å². The molecule has 0 fully saturated rings. The molecule has 120 valence electrons. The quantitative estimate of drug-likeness (QED) is 0.696. The van der Waals surface area contributed by atoms with E-state index in [1.807, 2.05) is 14.2 Å². The van der Waals surface area contributed by atoms with Crippen LogP contribution in [0, 0.1) is 23.7 Å². The van der Waals surface area contributed by atoms with E-state index < -0.39 is 8.56 Å². The number of hydrogen-bond donors (Lipinski definition) is 0. The third-order valence-electron chi connectivity index (χ3n) is 6.45. The van der Waals surface area contributed by atoms with E-state index in [2.05, 4.69) is 41.5 Å². The van der Waals surface area contributed by atoms with Gasteiger partial charge in [-0.3, -0.25) is 0 Å². The van der Waals surface area contributed by atoms with Crippen molar-refractivity contribution in [3.63, 3.8) is 0 Å². The second-order valence-electron chi connectivity index (χ2n) is 7.29. The lowest BCUT2D eigenvalue weighted by atomic mass is 9.96. The number of allylic oxidation sites excluding steroid dienone is 4. The second kappa shape index (κ2) is 6.02. The summed E-state index contributed by atoms with van der Waals surface area (Å²) in [6.07, 6.45) is 2.28. The number of hydrogen-bond acceptors (Lipinski definition) is 2. The predicted molar refractivity (Wildman–Crippen MR) is 91.1 cm³/mol. The van der Waals surface area contributed by atoms with Gasteiger partial charge in [0.05, 0.1) is 0 Å². The predicted octanol–water partition coefficient (Wildman–Crippen LogP) is 4.78. The number of rotatable bonds is 4. The fourth-order valence-corrected chi connectivity index (χ4v) is 8.46. The minimum Gasteiger partial charge on any atom is -0.391 e. The van der Waals surface area contributed by atoms with Crippen molar-refractivity contribution in [3.05, 3.63) is 21.5 Å². The average molecular weight is 309 g/mol. The fraction of sp³-hybridized carbons (Fsp3) is 0.778. The molecule has 0 aromatic heterocycles. The van der Waals surface area contributed by atoms with Crippen LogP contribution in [0.5, 0.6) is 0 Å². The van der Waals surface area contributed by atoms with Gasteiger partial charge in [-0.05, 0) is 60.8 Å². The summed E-state index contributed by atoms with van der Waals surface area (Å²) in [6, 6.07) is 0. The molecule has 0 saturated heterocycles. The zero-order valence-corrected chi connectivity index (χ0v) is 16.0. The summed E-state index contributed by atoms with van der Waals surface area (Å²) in [5.41, 5.74) is 3.04. The molecule has 4 unspecified atom stereocenters. The highest BCUT2D eigenvalue weighted by molar-refractivity contribution is 6.82.